The molecule has 1 aromatic heterocycles. The Kier molecular flexibility index (Phi) is 4.72. The van der Waals surface area contributed by atoms with E-state index in [2.05, 4.69) is 4.98 Å². The van der Waals surface area contributed by atoms with E-state index in [0.29, 0.717) is 13.0 Å². The SMILES string of the molecule is CCc1c(O)n(C(COC)C(C)C)c(=O)[nH]c1=O. The van der Waals surface area contributed by atoms with E-state index in [4.69, 9.17) is 4.74 Å². The van der Waals surface area contributed by atoms with Gasteiger partial charge in [-0.05, 0) is 12.3 Å². The third-order valence-electron chi connectivity index (χ3n) is 3.00. The number of aromatic amines is 1. The maximum atomic E-state index is 11.8. The summed E-state index contributed by atoms with van der Waals surface area (Å²) >= 11 is 0. The lowest BCUT2D eigenvalue weighted by Gasteiger charge is -2.24. The molecule has 0 bridgehead atoms. The molecule has 1 aromatic rings. The summed E-state index contributed by atoms with van der Waals surface area (Å²) < 4.78 is 6.27. The quantitative estimate of drug-likeness (QED) is 0.810. The van der Waals surface area contributed by atoms with Crippen LogP contribution in [0.2, 0.25) is 0 Å². The summed E-state index contributed by atoms with van der Waals surface area (Å²) in [5.74, 6) is -0.175. The van der Waals surface area contributed by atoms with E-state index in [1.807, 2.05) is 13.8 Å². The number of nitrogens with one attached hydrogen (secondary N) is 1. The summed E-state index contributed by atoms with van der Waals surface area (Å²) in [5.41, 5.74) is -0.919. The average molecular weight is 256 g/mol. The minimum Gasteiger partial charge on any atom is -0.494 e. The molecular weight excluding hydrogens is 236 g/mol. The lowest BCUT2D eigenvalue weighted by molar-refractivity contribution is 0.124. The lowest BCUT2D eigenvalue weighted by Crippen LogP contribution is -2.37. The molecule has 1 heterocycles. The van der Waals surface area contributed by atoms with Crippen molar-refractivity contribution in [2.45, 2.75) is 33.2 Å². The van der Waals surface area contributed by atoms with E-state index < -0.39 is 11.2 Å². The molecule has 0 amide bonds. The molecule has 0 aliphatic heterocycles. The Labute approximate surface area is 105 Å². The molecule has 6 heteroatoms. The van der Waals surface area contributed by atoms with Crippen LogP contribution in [0.1, 0.15) is 32.4 Å². The lowest BCUT2D eigenvalue weighted by atomic mass is 10.0. The molecule has 1 rings (SSSR count). The van der Waals surface area contributed by atoms with Gasteiger partial charge in [-0.15, -0.1) is 0 Å². The van der Waals surface area contributed by atoms with Crippen molar-refractivity contribution in [2.75, 3.05) is 13.7 Å². The van der Waals surface area contributed by atoms with Gasteiger partial charge in [-0.2, -0.15) is 0 Å². The van der Waals surface area contributed by atoms with E-state index >= 15 is 0 Å². The van der Waals surface area contributed by atoms with Gasteiger partial charge in [0.2, 0.25) is 5.88 Å². The highest BCUT2D eigenvalue weighted by Gasteiger charge is 2.22. The Morgan fingerprint density at radius 2 is 2.00 bits per heavy atom. The van der Waals surface area contributed by atoms with Gasteiger partial charge in [-0.25, -0.2) is 4.79 Å². The standard InChI is InChI=1S/C12H20N2O4/c1-5-8-10(15)13-12(17)14(11(8)16)9(6-18-4)7(2)3/h7,9,16H,5-6H2,1-4H3,(H,13,15,17). The first-order valence-corrected chi connectivity index (χ1v) is 5.99. The van der Waals surface area contributed by atoms with Crippen molar-refractivity contribution < 1.29 is 9.84 Å². The van der Waals surface area contributed by atoms with Crippen LogP contribution in [-0.4, -0.2) is 28.4 Å². The highest BCUT2D eigenvalue weighted by Crippen LogP contribution is 2.22. The van der Waals surface area contributed by atoms with E-state index in [-0.39, 0.29) is 23.4 Å². The number of ether oxygens (including phenoxy) is 1. The van der Waals surface area contributed by atoms with Gasteiger partial charge in [-0.1, -0.05) is 20.8 Å². The second kappa shape index (κ2) is 5.86. The van der Waals surface area contributed by atoms with Crippen LogP contribution in [0.25, 0.3) is 0 Å². The highest BCUT2D eigenvalue weighted by molar-refractivity contribution is 5.23. The molecule has 0 saturated heterocycles. The van der Waals surface area contributed by atoms with E-state index in [9.17, 15) is 14.7 Å². The zero-order valence-corrected chi connectivity index (χ0v) is 11.2. The number of hydrogen-bond donors (Lipinski definition) is 2. The zero-order valence-electron chi connectivity index (χ0n) is 11.2. The number of methoxy groups -OCH3 is 1. The Morgan fingerprint density at radius 1 is 1.39 bits per heavy atom. The molecule has 1 unspecified atom stereocenters. The van der Waals surface area contributed by atoms with Crippen molar-refractivity contribution in [1.82, 2.24) is 9.55 Å². The number of rotatable bonds is 5. The third kappa shape index (κ3) is 2.64. The van der Waals surface area contributed by atoms with Crippen molar-refractivity contribution in [2.24, 2.45) is 5.92 Å². The Bertz CT molecular complexity index is 516. The number of H-pyrrole nitrogens is 1. The first-order chi connectivity index (χ1) is 8.43. The van der Waals surface area contributed by atoms with Gasteiger partial charge in [0.05, 0.1) is 18.2 Å². The van der Waals surface area contributed by atoms with Gasteiger partial charge >= 0.3 is 5.69 Å². The summed E-state index contributed by atoms with van der Waals surface area (Å²) in [6, 6.07) is -0.315. The second-order valence-electron chi connectivity index (χ2n) is 4.55. The molecule has 0 aliphatic rings. The van der Waals surface area contributed by atoms with Crippen LogP contribution < -0.4 is 11.2 Å². The molecular formula is C12H20N2O4. The van der Waals surface area contributed by atoms with E-state index in [1.54, 1.807) is 6.92 Å². The van der Waals surface area contributed by atoms with Gasteiger partial charge < -0.3 is 9.84 Å². The van der Waals surface area contributed by atoms with Crippen LogP contribution in [0, 0.1) is 5.92 Å². The summed E-state index contributed by atoms with van der Waals surface area (Å²) in [5, 5.41) is 10.1. The molecule has 0 fully saturated rings. The van der Waals surface area contributed by atoms with Crippen molar-refractivity contribution in [3.05, 3.63) is 26.4 Å². The topological polar surface area (TPSA) is 84.3 Å². The molecule has 0 radical (unpaired) electrons. The second-order valence-corrected chi connectivity index (χ2v) is 4.55. The number of nitrogens with zero attached hydrogens (tertiary/aromatic N) is 1. The molecule has 0 aliphatic carbocycles. The van der Waals surface area contributed by atoms with Crippen molar-refractivity contribution in [3.8, 4) is 5.88 Å². The Balaban J connectivity index is 3.47. The van der Waals surface area contributed by atoms with Crippen LogP contribution in [0.4, 0.5) is 0 Å². The van der Waals surface area contributed by atoms with Crippen LogP contribution in [0.15, 0.2) is 9.59 Å². The van der Waals surface area contributed by atoms with Crippen molar-refractivity contribution in [3.63, 3.8) is 0 Å². The predicted octanol–water partition coefficient (Wildman–Crippen LogP) is 0.648. The number of aromatic hydroxyl groups is 1. The van der Waals surface area contributed by atoms with E-state index in [1.165, 1.54) is 11.7 Å². The normalized spacial score (nSPS) is 12.9. The molecule has 1 atom stereocenters. The Morgan fingerprint density at radius 3 is 2.44 bits per heavy atom. The van der Waals surface area contributed by atoms with E-state index in [0.717, 1.165) is 0 Å². The van der Waals surface area contributed by atoms with Gasteiger partial charge in [0.1, 0.15) is 0 Å². The average Bonchev–Trinajstić information content (AvgIpc) is 2.27. The molecule has 6 nitrogen and oxygen atoms in total. The Hall–Kier alpha value is -1.56. The summed E-state index contributed by atoms with van der Waals surface area (Å²) in [4.78, 5) is 25.6. The fraction of sp³-hybridized carbons (Fsp3) is 0.667. The first-order valence-electron chi connectivity index (χ1n) is 5.99. The first kappa shape index (κ1) is 14.5. The maximum Gasteiger partial charge on any atom is 0.331 e. The van der Waals surface area contributed by atoms with Gasteiger partial charge in [0.15, 0.2) is 0 Å². The zero-order chi connectivity index (χ0) is 13.9. The maximum absolute atomic E-state index is 11.8. The monoisotopic (exact) mass is 256 g/mol. The van der Waals surface area contributed by atoms with Crippen molar-refractivity contribution in [1.29, 1.82) is 0 Å². The smallest absolute Gasteiger partial charge is 0.331 e. The predicted molar refractivity (Wildman–Crippen MR) is 68.1 cm³/mol. The fourth-order valence-corrected chi connectivity index (χ4v) is 1.94. The van der Waals surface area contributed by atoms with Crippen LogP contribution in [-0.2, 0) is 11.2 Å². The fourth-order valence-electron chi connectivity index (χ4n) is 1.94. The van der Waals surface area contributed by atoms with Crippen LogP contribution in [0.5, 0.6) is 5.88 Å². The highest BCUT2D eigenvalue weighted by atomic mass is 16.5. The summed E-state index contributed by atoms with van der Waals surface area (Å²) in [6.07, 6.45) is 0.360. The molecule has 0 saturated carbocycles. The summed E-state index contributed by atoms with van der Waals surface area (Å²) in [6.45, 7) is 5.89. The molecule has 0 spiro atoms. The minimum absolute atomic E-state index is 0.0872. The molecule has 102 valence electrons. The van der Waals surface area contributed by atoms with Crippen molar-refractivity contribution >= 4 is 0 Å². The number of hydrogen-bond acceptors (Lipinski definition) is 4. The largest absolute Gasteiger partial charge is 0.494 e. The van der Waals surface area contributed by atoms with Crippen LogP contribution in [0.3, 0.4) is 0 Å². The third-order valence-corrected chi connectivity index (χ3v) is 3.00. The number of aromatic nitrogens is 2. The van der Waals surface area contributed by atoms with Gasteiger partial charge in [0, 0.05) is 7.11 Å². The van der Waals surface area contributed by atoms with Gasteiger partial charge in [0.25, 0.3) is 5.56 Å². The molecule has 2 N–H and O–H groups in total. The molecule has 0 aromatic carbocycles. The van der Waals surface area contributed by atoms with Gasteiger partial charge in [-0.3, -0.25) is 14.3 Å². The minimum atomic E-state index is -0.606. The summed E-state index contributed by atoms with van der Waals surface area (Å²) in [7, 11) is 1.53. The molecule has 18 heavy (non-hydrogen) atoms. The van der Waals surface area contributed by atoms with Crippen LogP contribution >= 0.6 is 0 Å².